The number of aromatic nitrogens is 1. The maximum atomic E-state index is 12.8. The Hall–Kier alpha value is -1.51. The smallest absolute Gasteiger partial charge is 0.267 e. The summed E-state index contributed by atoms with van der Waals surface area (Å²) in [6.45, 7) is 7.30. The molecule has 0 aliphatic rings. The molecule has 1 amide bonds. The van der Waals surface area contributed by atoms with E-state index in [4.69, 9.17) is 0 Å². The van der Waals surface area contributed by atoms with Crippen molar-refractivity contribution in [3.63, 3.8) is 0 Å². The van der Waals surface area contributed by atoms with Gasteiger partial charge in [0.2, 0.25) is 10.0 Å². The molecule has 0 aliphatic heterocycles. The molecule has 0 saturated heterocycles. The molecule has 1 aromatic heterocycles. The number of thioether (sulfide) groups is 1. The van der Waals surface area contributed by atoms with Crippen molar-refractivity contribution in [2.24, 2.45) is 7.05 Å². The molecule has 6 nitrogen and oxygen atoms in total. The van der Waals surface area contributed by atoms with Crippen LogP contribution in [0, 0.1) is 0 Å². The fourth-order valence-corrected chi connectivity index (χ4v) is 5.47. The number of amides is 1. The van der Waals surface area contributed by atoms with Crippen LogP contribution in [0.4, 0.5) is 0 Å². The Morgan fingerprint density at radius 1 is 1.14 bits per heavy atom. The highest BCUT2D eigenvalue weighted by atomic mass is 32.2. The number of aryl methyl sites for hydroxylation is 1. The Morgan fingerprint density at radius 3 is 2.50 bits per heavy atom. The lowest BCUT2D eigenvalue weighted by molar-refractivity contribution is 0.0946. The first-order valence-corrected chi connectivity index (χ1v) is 12.4. The molecule has 1 N–H and O–H groups in total. The van der Waals surface area contributed by atoms with E-state index >= 15 is 0 Å². The van der Waals surface area contributed by atoms with Gasteiger partial charge in [0.15, 0.2) is 0 Å². The minimum atomic E-state index is -3.52. The third-order valence-corrected chi connectivity index (χ3v) is 8.01. The Balaban J connectivity index is 2.17. The van der Waals surface area contributed by atoms with Gasteiger partial charge in [-0.1, -0.05) is 20.8 Å². The van der Waals surface area contributed by atoms with Crippen LogP contribution in [-0.4, -0.2) is 54.3 Å². The van der Waals surface area contributed by atoms with Crippen LogP contribution in [0.5, 0.6) is 0 Å². The molecule has 2 aromatic rings. The number of fused-ring (bicyclic) bond motifs is 1. The SMILES string of the molecule is CCCSCCCNC(=O)c1cc2cc(S(=O)(=O)N(CC)CC)ccc2n1C. The molecule has 28 heavy (non-hydrogen) atoms. The molecule has 0 aliphatic carbocycles. The predicted molar refractivity (Wildman–Crippen MR) is 118 cm³/mol. The third-order valence-electron chi connectivity index (χ3n) is 4.69. The molecule has 156 valence electrons. The van der Waals surface area contributed by atoms with Crippen LogP contribution >= 0.6 is 11.8 Å². The van der Waals surface area contributed by atoms with Crippen LogP contribution in [0.15, 0.2) is 29.2 Å². The summed E-state index contributed by atoms with van der Waals surface area (Å²) in [6, 6.07) is 6.80. The van der Waals surface area contributed by atoms with Crippen molar-refractivity contribution >= 4 is 38.6 Å². The summed E-state index contributed by atoms with van der Waals surface area (Å²) in [4.78, 5) is 12.8. The van der Waals surface area contributed by atoms with Crippen molar-refractivity contribution in [2.75, 3.05) is 31.1 Å². The molecule has 2 rings (SSSR count). The van der Waals surface area contributed by atoms with E-state index in [-0.39, 0.29) is 10.8 Å². The lowest BCUT2D eigenvalue weighted by atomic mass is 10.2. The Kier molecular flexibility index (Phi) is 8.39. The Labute approximate surface area is 172 Å². The first-order valence-electron chi connectivity index (χ1n) is 9.82. The molecule has 0 atom stereocenters. The molecule has 0 fully saturated rings. The van der Waals surface area contributed by atoms with E-state index in [1.807, 2.05) is 37.2 Å². The van der Waals surface area contributed by atoms with Crippen LogP contribution in [0.25, 0.3) is 10.9 Å². The molecule has 0 spiro atoms. The molecule has 8 heteroatoms. The maximum absolute atomic E-state index is 12.8. The molecular formula is C20H31N3O3S2. The fourth-order valence-electron chi connectivity index (χ4n) is 3.13. The topological polar surface area (TPSA) is 71.4 Å². The van der Waals surface area contributed by atoms with Crippen molar-refractivity contribution in [3.05, 3.63) is 30.0 Å². The number of nitrogens with zero attached hydrogens (tertiary/aromatic N) is 2. The van der Waals surface area contributed by atoms with E-state index in [1.54, 1.807) is 24.3 Å². The van der Waals surface area contributed by atoms with Crippen molar-refractivity contribution in [2.45, 2.75) is 38.5 Å². The van der Waals surface area contributed by atoms with Crippen LogP contribution in [-0.2, 0) is 17.1 Å². The molecule has 1 aromatic carbocycles. The highest BCUT2D eigenvalue weighted by Gasteiger charge is 2.23. The van der Waals surface area contributed by atoms with Gasteiger partial charge in [-0.05, 0) is 48.6 Å². The summed E-state index contributed by atoms with van der Waals surface area (Å²) < 4.78 is 28.7. The number of hydrogen-bond acceptors (Lipinski definition) is 4. The van der Waals surface area contributed by atoms with Gasteiger partial charge in [-0.3, -0.25) is 4.79 Å². The molecule has 0 saturated carbocycles. The van der Waals surface area contributed by atoms with Gasteiger partial charge in [0.1, 0.15) is 5.69 Å². The highest BCUT2D eigenvalue weighted by molar-refractivity contribution is 7.99. The van der Waals surface area contributed by atoms with Gasteiger partial charge in [-0.15, -0.1) is 0 Å². The van der Waals surface area contributed by atoms with Gasteiger partial charge in [-0.25, -0.2) is 8.42 Å². The molecular weight excluding hydrogens is 394 g/mol. The van der Waals surface area contributed by atoms with Crippen molar-refractivity contribution < 1.29 is 13.2 Å². The van der Waals surface area contributed by atoms with Crippen molar-refractivity contribution in [3.8, 4) is 0 Å². The lowest BCUT2D eigenvalue weighted by Crippen LogP contribution is -2.30. The minimum Gasteiger partial charge on any atom is -0.351 e. The third kappa shape index (κ3) is 5.10. The van der Waals surface area contributed by atoms with E-state index in [1.165, 1.54) is 10.7 Å². The highest BCUT2D eigenvalue weighted by Crippen LogP contribution is 2.24. The summed E-state index contributed by atoms with van der Waals surface area (Å²) in [5.74, 6) is 2.05. The molecule has 0 radical (unpaired) electrons. The minimum absolute atomic E-state index is 0.132. The van der Waals surface area contributed by atoms with Gasteiger partial charge < -0.3 is 9.88 Å². The second-order valence-corrected chi connectivity index (χ2v) is 9.78. The van der Waals surface area contributed by atoms with E-state index in [0.717, 1.165) is 28.8 Å². The van der Waals surface area contributed by atoms with E-state index < -0.39 is 10.0 Å². The van der Waals surface area contributed by atoms with Gasteiger partial charge in [0.05, 0.1) is 4.90 Å². The van der Waals surface area contributed by atoms with Crippen LogP contribution in [0.2, 0.25) is 0 Å². The Bertz CT molecular complexity index is 903. The number of carbonyl (C=O) groups excluding carboxylic acids is 1. The average Bonchev–Trinajstić information content (AvgIpc) is 3.01. The van der Waals surface area contributed by atoms with E-state index in [9.17, 15) is 13.2 Å². The number of carbonyl (C=O) groups is 1. The van der Waals surface area contributed by atoms with E-state index in [2.05, 4.69) is 12.2 Å². The lowest BCUT2D eigenvalue weighted by Gasteiger charge is -2.18. The molecule has 1 heterocycles. The zero-order valence-corrected chi connectivity index (χ0v) is 18.8. The van der Waals surface area contributed by atoms with Gasteiger partial charge >= 0.3 is 0 Å². The van der Waals surface area contributed by atoms with Crippen LogP contribution in [0.1, 0.15) is 44.1 Å². The van der Waals surface area contributed by atoms with E-state index in [0.29, 0.717) is 25.3 Å². The van der Waals surface area contributed by atoms with Gasteiger partial charge in [0.25, 0.3) is 5.91 Å². The van der Waals surface area contributed by atoms with Crippen molar-refractivity contribution in [1.82, 2.24) is 14.2 Å². The first-order chi connectivity index (χ1) is 13.4. The average molecular weight is 426 g/mol. The van der Waals surface area contributed by atoms with Gasteiger partial charge in [-0.2, -0.15) is 16.1 Å². The summed E-state index contributed by atoms with van der Waals surface area (Å²) in [5, 5.41) is 3.71. The molecule has 0 bridgehead atoms. The van der Waals surface area contributed by atoms with Crippen LogP contribution in [0.3, 0.4) is 0 Å². The number of benzene rings is 1. The number of sulfonamides is 1. The predicted octanol–water partition coefficient (Wildman–Crippen LogP) is 3.47. The summed E-state index contributed by atoms with van der Waals surface area (Å²) in [5.41, 5.74) is 1.37. The van der Waals surface area contributed by atoms with Gasteiger partial charge in [0, 0.05) is 37.6 Å². The zero-order valence-electron chi connectivity index (χ0n) is 17.2. The summed E-state index contributed by atoms with van der Waals surface area (Å²) in [7, 11) is -1.69. The summed E-state index contributed by atoms with van der Waals surface area (Å²) >= 11 is 1.90. The number of rotatable bonds is 11. The second-order valence-electron chi connectivity index (χ2n) is 6.62. The number of hydrogen-bond donors (Lipinski definition) is 1. The summed E-state index contributed by atoms with van der Waals surface area (Å²) in [6.07, 6.45) is 2.10. The largest absolute Gasteiger partial charge is 0.351 e. The second kappa shape index (κ2) is 10.3. The normalized spacial score (nSPS) is 12.0. The van der Waals surface area contributed by atoms with Crippen LogP contribution < -0.4 is 5.32 Å². The standard InChI is InChI=1S/C20H31N3O3S2/c1-5-12-27-13-8-11-21-20(24)19-15-16-14-17(9-10-18(16)22(19)4)28(25,26)23(6-2)7-3/h9-10,14-15H,5-8,11-13H2,1-4H3,(H,21,24). The monoisotopic (exact) mass is 425 g/mol. The fraction of sp³-hybridized carbons (Fsp3) is 0.550. The van der Waals surface area contributed by atoms with Crippen molar-refractivity contribution in [1.29, 1.82) is 0 Å². The maximum Gasteiger partial charge on any atom is 0.267 e. The quantitative estimate of drug-likeness (QED) is 0.560. The molecule has 0 unspecified atom stereocenters. The zero-order chi connectivity index (χ0) is 20.7. The Morgan fingerprint density at radius 2 is 1.86 bits per heavy atom. The first kappa shape index (κ1) is 22.8. The number of nitrogens with one attached hydrogen (secondary N) is 1.